The standard InChI is InChI=1S/C15H20O2/c16-15(7-8-15)11-12-1-3-13(4-2-12)14-5-9-17-10-6-14/h1-4,14,16H,5-11H2. The summed E-state index contributed by atoms with van der Waals surface area (Å²) in [5, 5.41) is 9.88. The van der Waals surface area contributed by atoms with Crippen molar-refractivity contribution in [2.45, 2.75) is 43.6 Å². The van der Waals surface area contributed by atoms with Crippen molar-refractivity contribution in [1.29, 1.82) is 0 Å². The first-order chi connectivity index (χ1) is 8.25. The Morgan fingerprint density at radius 2 is 1.76 bits per heavy atom. The fraction of sp³-hybridized carbons (Fsp3) is 0.600. The van der Waals surface area contributed by atoms with Gasteiger partial charge in [0, 0.05) is 19.6 Å². The van der Waals surface area contributed by atoms with Gasteiger partial charge >= 0.3 is 0 Å². The highest BCUT2D eigenvalue weighted by molar-refractivity contribution is 5.27. The van der Waals surface area contributed by atoms with Crippen molar-refractivity contribution in [1.82, 2.24) is 0 Å². The summed E-state index contributed by atoms with van der Waals surface area (Å²) in [6.45, 7) is 1.79. The third-order valence-electron chi connectivity index (χ3n) is 4.03. The molecule has 2 fully saturated rings. The Morgan fingerprint density at radius 1 is 1.12 bits per heavy atom. The SMILES string of the molecule is OC1(Cc2ccc(C3CCOCC3)cc2)CC1. The molecule has 1 saturated heterocycles. The Bertz CT molecular complexity index is 372. The Morgan fingerprint density at radius 3 is 2.35 bits per heavy atom. The fourth-order valence-electron chi connectivity index (χ4n) is 2.64. The molecule has 1 aliphatic heterocycles. The maximum Gasteiger partial charge on any atom is 0.0690 e. The monoisotopic (exact) mass is 232 g/mol. The second-order valence-corrected chi connectivity index (χ2v) is 5.53. The molecule has 1 heterocycles. The third kappa shape index (κ3) is 2.70. The fourth-order valence-corrected chi connectivity index (χ4v) is 2.64. The summed E-state index contributed by atoms with van der Waals surface area (Å²) < 4.78 is 5.39. The van der Waals surface area contributed by atoms with Gasteiger partial charge in [-0.3, -0.25) is 0 Å². The van der Waals surface area contributed by atoms with Gasteiger partial charge in [-0.15, -0.1) is 0 Å². The Labute approximate surface area is 103 Å². The molecule has 1 N–H and O–H groups in total. The lowest BCUT2D eigenvalue weighted by atomic mass is 9.90. The number of rotatable bonds is 3. The molecule has 0 atom stereocenters. The van der Waals surface area contributed by atoms with Crippen LogP contribution in [0.5, 0.6) is 0 Å². The van der Waals surface area contributed by atoms with Crippen molar-refractivity contribution >= 4 is 0 Å². The highest BCUT2D eigenvalue weighted by atomic mass is 16.5. The lowest BCUT2D eigenvalue weighted by Gasteiger charge is -2.22. The molecule has 0 spiro atoms. The van der Waals surface area contributed by atoms with Crippen molar-refractivity contribution in [3.8, 4) is 0 Å². The van der Waals surface area contributed by atoms with Gasteiger partial charge < -0.3 is 9.84 Å². The molecule has 0 unspecified atom stereocenters. The number of hydrogen-bond donors (Lipinski definition) is 1. The molecular weight excluding hydrogens is 212 g/mol. The summed E-state index contributed by atoms with van der Waals surface area (Å²) in [4.78, 5) is 0. The summed E-state index contributed by atoms with van der Waals surface area (Å²) in [5.74, 6) is 0.668. The van der Waals surface area contributed by atoms with E-state index in [0.717, 1.165) is 45.3 Å². The van der Waals surface area contributed by atoms with E-state index in [1.807, 2.05) is 0 Å². The van der Waals surface area contributed by atoms with Crippen LogP contribution in [0.1, 0.15) is 42.7 Å². The smallest absolute Gasteiger partial charge is 0.0690 e. The van der Waals surface area contributed by atoms with E-state index < -0.39 is 0 Å². The second kappa shape index (κ2) is 4.43. The van der Waals surface area contributed by atoms with Crippen LogP contribution in [0, 0.1) is 0 Å². The van der Waals surface area contributed by atoms with E-state index in [-0.39, 0.29) is 5.60 Å². The van der Waals surface area contributed by atoms with E-state index in [4.69, 9.17) is 4.74 Å². The van der Waals surface area contributed by atoms with Crippen LogP contribution in [0.3, 0.4) is 0 Å². The summed E-state index contributed by atoms with van der Waals surface area (Å²) in [7, 11) is 0. The Kier molecular flexibility index (Phi) is 2.93. The predicted octanol–water partition coefficient (Wildman–Crippen LogP) is 2.65. The number of ether oxygens (including phenoxy) is 1. The molecule has 92 valence electrons. The van der Waals surface area contributed by atoms with Crippen LogP contribution in [-0.2, 0) is 11.2 Å². The normalized spacial score (nSPS) is 23.6. The highest BCUT2D eigenvalue weighted by Gasteiger charge is 2.39. The van der Waals surface area contributed by atoms with E-state index >= 15 is 0 Å². The first-order valence-electron chi connectivity index (χ1n) is 6.64. The molecule has 0 aromatic heterocycles. The van der Waals surface area contributed by atoms with E-state index in [9.17, 15) is 5.11 Å². The average molecular weight is 232 g/mol. The number of hydrogen-bond acceptors (Lipinski definition) is 2. The Balaban J connectivity index is 1.66. The van der Waals surface area contributed by atoms with E-state index in [0.29, 0.717) is 5.92 Å². The van der Waals surface area contributed by atoms with E-state index in [1.165, 1.54) is 11.1 Å². The maximum absolute atomic E-state index is 9.88. The molecule has 17 heavy (non-hydrogen) atoms. The van der Waals surface area contributed by atoms with Crippen LogP contribution in [-0.4, -0.2) is 23.9 Å². The zero-order valence-electron chi connectivity index (χ0n) is 10.2. The molecule has 0 bridgehead atoms. The Hall–Kier alpha value is -0.860. The summed E-state index contributed by atoms with van der Waals surface area (Å²) in [6.07, 6.45) is 5.04. The van der Waals surface area contributed by atoms with Crippen molar-refractivity contribution in [2.24, 2.45) is 0 Å². The molecule has 2 aliphatic rings. The summed E-state index contributed by atoms with van der Waals surface area (Å²) in [5.41, 5.74) is 2.32. The van der Waals surface area contributed by atoms with Gasteiger partial charge in [-0.25, -0.2) is 0 Å². The third-order valence-corrected chi connectivity index (χ3v) is 4.03. The minimum Gasteiger partial charge on any atom is -0.390 e. The largest absolute Gasteiger partial charge is 0.390 e. The molecule has 1 aliphatic carbocycles. The van der Waals surface area contributed by atoms with Crippen LogP contribution < -0.4 is 0 Å². The predicted molar refractivity (Wildman–Crippen MR) is 67.1 cm³/mol. The van der Waals surface area contributed by atoms with Gasteiger partial charge in [-0.1, -0.05) is 24.3 Å². The molecule has 0 radical (unpaired) electrons. The number of aliphatic hydroxyl groups is 1. The lowest BCUT2D eigenvalue weighted by Crippen LogP contribution is -2.14. The zero-order valence-corrected chi connectivity index (χ0v) is 10.2. The first kappa shape index (κ1) is 11.2. The molecule has 1 saturated carbocycles. The molecule has 1 aromatic carbocycles. The average Bonchev–Trinajstić information content (AvgIpc) is 3.09. The van der Waals surface area contributed by atoms with Crippen LogP contribution in [0.4, 0.5) is 0 Å². The van der Waals surface area contributed by atoms with Crippen LogP contribution >= 0.6 is 0 Å². The number of benzene rings is 1. The zero-order chi connectivity index (χ0) is 11.7. The highest BCUT2D eigenvalue weighted by Crippen LogP contribution is 2.38. The minimum absolute atomic E-state index is 0.375. The lowest BCUT2D eigenvalue weighted by molar-refractivity contribution is 0.0853. The van der Waals surface area contributed by atoms with Crippen molar-refractivity contribution in [2.75, 3.05) is 13.2 Å². The van der Waals surface area contributed by atoms with Gasteiger partial charge in [0.15, 0.2) is 0 Å². The second-order valence-electron chi connectivity index (χ2n) is 5.53. The molecule has 0 amide bonds. The first-order valence-corrected chi connectivity index (χ1v) is 6.64. The summed E-state index contributed by atoms with van der Waals surface area (Å²) in [6, 6.07) is 8.83. The topological polar surface area (TPSA) is 29.5 Å². The quantitative estimate of drug-likeness (QED) is 0.868. The minimum atomic E-state index is -0.375. The van der Waals surface area contributed by atoms with Gasteiger partial charge in [0.2, 0.25) is 0 Å². The van der Waals surface area contributed by atoms with Gasteiger partial charge in [0.25, 0.3) is 0 Å². The summed E-state index contributed by atoms with van der Waals surface area (Å²) >= 11 is 0. The molecule has 3 rings (SSSR count). The maximum atomic E-state index is 9.88. The van der Waals surface area contributed by atoms with Crippen molar-refractivity contribution in [3.05, 3.63) is 35.4 Å². The molecule has 1 aromatic rings. The van der Waals surface area contributed by atoms with Crippen LogP contribution in [0.25, 0.3) is 0 Å². The van der Waals surface area contributed by atoms with E-state index in [1.54, 1.807) is 0 Å². The molecular formula is C15H20O2. The van der Waals surface area contributed by atoms with E-state index in [2.05, 4.69) is 24.3 Å². The van der Waals surface area contributed by atoms with Gasteiger partial charge in [0.05, 0.1) is 5.60 Å². The molecule has 2 heteroatoms. The van der Waals surface area contributed by atoms with Crippen LogP contribution in [0.15, 0.2) is 24.3 Å². The van der Waals surface area contributed by atoms with Gasteiger partial charge in [0.1, 0.15) is 0 Å². The van der Waals surface area contributed by atoms with Gasteiger partial charge in [-0.2, -0.15) is 0 Å². The molecule has 2 nitrogen and oxygen atoms in total. The van der Waals surface area contributed by atoms with Crippen molar-refractivity contribution < 1.29 is 9.84 Å². The van der Waals surface area contributed by atoms with Crippen LogP contribution in [0.2, 0.25) is 0 Å². The van der Waals surface area contributed by atoms with Gasteiger partial charge in [-0.05, 0) is 42.7 Å². The van der Waals surface area contributed by atoms with Crippen molar-refractivity contribution in [3.63, 3.8) is 0 Å².